The maximum Gasteiger partial charge on any atom is 0.0599 e. The van der Waals surface area contributed by atoms with Crippen LogP contribution in [0.5, 0.6) is 0 Å². The number of anilines is 1. The zero-order valence-electron chi connectivity index (χ0n) is 14.7. The Hall–Kier alpha value is -1.84. The Kier molecular flexibility index (Phi) is 6.63. The molecule has 2 rings (SSSR count). The number of benzene rings is 2. The lowest BCUT2D eigenvalue weighted by Crippen LogP contribution is -2.27. The van der Waals surface area contributed by atoms with Crippen molar-refractivity contribution in [2.24, 2.45) is 0 Å². The zero-order valence-corrected chi connectivity index (χ0v) is 14.7. The lowest BCUT2D eigenvalue weighted by molar-refractivity contribution is 0.193. The van der Waals surface area contributed by atoms with Gasteiger partial charge < -0.3 is 15.0 Å². The van der Waals surface area contributed by atoms with Crippen molar-refractivity contribution in [1.82, 2.24) is 5.32 Å². The molecule has 0 spiro atoms. The number of ether oxygens (including phenoxy) is 1. The van der Waals surface area contributed by atoms with Gasteiger partial charge in [0.2, 0.25) is 0 Å². The van der Waals surface area contributed by atoms with Gasteiger partial charge in [-0.2, -0.15) is 0 Å². The van der Waals surface area contributed by atoms with Crippen LogP contribution in [-0.4, -0.2) is 34.4 Å². The minimum atomic E-state index is 0.187. The van der Waals surface area contributed by atoms with E-state index in [0.29, 0.717) is 0 Å². The topological polar surface area (TPSA) is 24.5 Å². The molecule has 0 saturated heterocycles. The summed E-state index contributed by atoms with van der Waals surface area (Å²) in [6.07, 6.45) is 1.00. The maximum atomic E-state index is 5.17. The molecule has 124 valence electrons. The molecular formula is C20H28N2O. The standard InChI is InChI=1S/C20H28N2O/c1-16-10-5-6-11-17(16)20(21-14-9-15-23-4)18-12-7-8-13-19(18)22(2)3/h5-8,10-13,20-21H,9,14-15H2,1-4H3. The molecule has 3 nitrogen and oxygen atoms in total. The molecule has 3 heteroatoms. The second-order valence-electron chi connectivity index (χ2n) is 6.04. The largest absolute Gasteiger partial charge is 0.385 e. The fraction of sp³-hybridized carbons (Fsp3) is 0.400. The van der Waals surface area contributed by atoms with Crippen LogP contribution in [0.15, 0.2) is 48.5 Å². The SMILES string of the molecule is COCCCNC(c1ccccc1C)c1ccccc1N(C)C. The molecule has 0 aliphatic rings. The van der Waals surface area contributed by atoms with Crippen LogP contribution in [0.4, 0.5) is 5.69 Å². The Morgan fingerprint density at radius 2 is 1.65 bits per heavy atom. The summed E-state index contributed by atoms with van der Waals surface area (Å²) in [5.74, 6) is 0. The highest BCUT2D eigenvalue weighted by Crippen LogP contribution is 2.31. The van der Waals surface area contributed by atoms with E-state index in [1.807, 2.05) is 0 Å². The van der Waals surface area contributed by atoms with E-state index in [-0.39, 0.29) is 6.04 Å². The molecule has 0 radical (unpaired) electrons. The first-order valence-electron chi connectivity index (χ1n) is 8.19. The second-order valence-corrected chi connectivity index (χ2v) is 6.04. The van der Waals surface area contributed by atoms with Crippen molar-refractivity contribution in [3.8, 4) is 0 Å². The molecule has 0 heterocycles. The van der Waals surface area contributed by atoms with Crippen LogP contribution in [0.2, 0.25) is 0 Å². The molecule has 0 aliphatic heterocycles. The Labute approximate surface area is 140 Å². The minimum Gasteiger partial charge on any atom is -0.385 e. The first kappa shape index (κ1) is 17.5. The lowest BCUT2D eigenvalue weighted by atomic mass is 9.93. The quantitative estimate of drug-likeness (QED) is 0.751. The first-order chi connectivity index (χ1) is 11.1. The van der Waals surface area contributed by atoms with Gasteiger partial charge >= 0.3 is 0 Å². The van der Waals surface area contributed by atoms with Crippen molar-refractivity contribution in [2.75, 3.05) is 39.3 Å². The summed E-state index contributed by atoms with van der Waals surface area (Å²) in [5, 5.41) is 3.72. The molecule has 2 aromatic rings. The van der Waals surface area contributed by atoms with Gasteiger partial charge in [0.05, 0.1) is 6.04 Å². The number of hydrogen-bond donors (Lipinski definition) is 1. The summed E-state index contributed by atoms with van der Waals surface area (Å²) in [4.78, 5) is 2.18. The molecule has 23 heavy (non-hydrogen) atoms. The van der Waals surface area contributed by atoms with E-state index in [1.54, 1.807) is 7.11 Å². The molecule has 1 N–H and O–H groups in total. The van der Waals surface area contributed by atoms with Gasteiger partial charge in [-0.1, -0.05) is 42.5 Å². The van der Waals surface area contributed by atoms with E-state index < -0.39 is 0 Å². The van der Waals surface area contributed by atoms with Gasteiger partial charge in [-0.3, -0.25) is 0 Å². The van der Waals surface area contributed by atoms with Crippen LogP contribution in [0.25, 0.3) is 0 Å². The van der Waals surface area contributed by atoms with Crippen molar-refractivity contribution >= 4 is 5.69 Å². The number of methoxy groups -OCH3 is 1. The van der Waals surface area contributed by atoms with Gasteiger partial charge in [0, 0.05) is 33.5 Å². The van der Waals surface area contributed by atoms with E-state index in [2.05, 4.69) is 79.8 Å². The van der Waals surface area contributed by atoms with Gasteiger partial charge in [0.1, 0.15) is 0 Å². The van der Waals surface area contributed by atoms with Gasteiger partial charge in [0.25, 0.3) is 0 Å². The summed E-state index contributed by atoms with van der Waals surface area (Å²) < 4.78 is 5.17. The van der Waals surface area contributed by atoms with Gasteiger partial charge in [-0.25, -0.2) is 0 Å². The lowest BCUT2D eigenvalue weighted by Gasteiger charge is -2.26. The monoisotopic (exact) mass is 312 g/mol. The Balaban J connectivity index is 2.36. The summed E-state index contributed by atoms with van der Waals surface area (Å²) in [7, 11) is 5.94. The summed E-state index contributed by atoms with van der Waals surface area (Å²) in [6, 6.07) is 17.4. The molecule has 0 saturated carbocycles. The number of para-hydroxylation sites is 1. The van der Waals surface area contributed by atoms with Crippen LogP contribution in [0.1, 0.15) is 29.2 Å². The molecule has 0 aliphatic carbocycles. The van der Waals surface area contributed by atoms with Crippen LogP contribution in [-0.2, 0) is 4.74 Å². The van der Waals surface area contributed by atoms with E-state index >= 15 is 0 Å². The fourth-order valence-corrected chi connectivity index (χ4v) is 2.90. The molecule has 1 unspecified atom stereocenters. The number of aryl methyl sites for hydroxylation is 1. The van der Waals surface area contributed by atoms with E-state index in [4.69, 9.17) is 4.74 Å². The minimum absolute atomic E-state index is 0.187. The molecule has 0 fully saturated rings. The highest BCUT2D eigenvalue weighted by molar-refractivity contribution is 5.56. The molecule has 1 atom stereocenters. The number of rotatable bonds is 8. The predicted octanol–water partition coefficient (Wildman–Crippen LogP) is 3.78. The van der Waals surface area contributed by atoms with Crippen molar-refractivity contribution < 1.29 is 4.74 Å². The molecule has 2 aromatic carbocycles. The first-order valence-corrected chi connectivity index (χ1v) is 8.19. The van der Waals surface area contributed by atoms with Crippen molar-refractivity contribution in [1.29, 1.82) is 0 Å². The van der Waals surface area contributed by atoms with Crippen LogP contribution >= 0.6 is 0 Å². The van der Waals surface area contributed by atoms with E-state index in [0.717, 1.165) is 19.6 Å². The highest BCUT2D eigenvalue weighted by atomic mass is 16.5. The normalized spacial score (nSPS) is 12.2. The van der Waals surface area contributed by atoms with Gasteiger partial charge in [-0.05, 0) is 42.6 Å². The Morgan fingerprint density at radius 1 is 1.00 bits per heavy atom. The predicted molar refractivity (Wildman–Crippen MR) is 98.3 cm³/mol. The van der Waals surface area contributed by atoms with E-state index in [9.17, 15) is 0 Å². The second kappa shape index (κ2) is 8.70. The molecular weight excluding hydrogens is 284 g/mol. The number of hydrogen-bond acceptors (Lipinski definition) is 3. The smallest absolute Gasteiger partial charge is 0.0599 e. The van der Waals surface area contributed by atoms with E-state index in [1.165, 1.54) is 22.4 Å². The van der Waals surface area contributed by atoms with Crippen molar-refractivity contribution in [3.63, 3.8) is 0 Å². The third kappa shape index (κ3) is 4.57. The van der Waals surface area contributed by atoms with Gasteiger partial charge in [0.15, 0.2) is 0 Å². The van der Waals surface area contributed by atoms with Crippen molar-refractivity contribution in [3.05, 3.63) is 65.2 Å². The van der Waals surface area contributed by atoms with Crippen LogP contribution < -0.4 is 10.2 Å². The summed E-state index contributed by atoms with van der Waals surface area (Å²) in [6.45, 7) is 3.88. The number of nitrogens with zero attached hydrogens (tertiary/aromatic N) is 1. The Bertz CT molecular complexity index is 610. The van der Waals surface area contributed by atoms with Gasteiger partial charge in [-0.15, -0.1) is 0 Å². The Morgan fingerprint density at radius 3 is 2.30 bits per heavy atom. The average Bonchev–Trinajstić information content (AvgIpc) is 2.56. The number of nitrogens with one attached hydrogen (secondary N) is 1. The third-order valence-corrected chi connectivity index (χ3v) is 4.10. The van der Waals surface area contributed by atoms with Crippen LogP contribution in [0.3, 0.4) is 0 Å². The van der Waals surface area contributed by atoms with Crippen molar-refractivity contribution in [2.45, 2.75) is 19.4 Å². The maximum absolute atomic E-state index is 5.17. The van der Waals surface area contributed by atoms with Crippen LogP contribution in [0, 0.1) is 6.92 Å². The highest BCUT2D eigenvalue weighted by Gasteiger charge is 2.19. The third-order valence-electron chi connectivity index (χ3n) is 4.10. The molecule has 0 amide bonds. The molecule has 0 aromatic heterocycles. The average molecular weight is 312 g/mol. The summed E-state index contributed by atoms with van der Waals surface area (Å²) >= 11 is 0. The summed E-state index contributed by atoms with van der Waals surface area (Å²) in [5.41, 5.74) is 5.20. The molecule has 0 bridgehead atoms. The fourth-order valence-electron chi connectivity index (χ4n) is 2.90. The zero-order chi connectivity index (χ0) is 16.7.